The standard InChI is InChI=1S/C15H30ClNO2Si/c1-5-9-13(16)19-14(18)17-12-15(20(2,3)4)10-7-6-8-11-15/h13H,5-12H2,1-4H3,(H,17,18). The highest BCUT2D eigenvalue weighted by atomic mass is 35.5. The van der Waals surface area contributed by atoms with E-state index in [1.54, 1.807) is 0 Å². The van der Waals surface area contributed by atoms with E-state index in [0.717, 1.165) is 13.0 Å². The monoisotopic (exact) mass is 319 g/mol. The maximum Gasteiger partial charge on any atom is 0.408 e. The first-order valence-corrected chi connectivity index (χ1v) is 11.8. The molecule has 1 rings (SSSR count). The Morgan fingerprint density at radius 2 is 1.90 bits per heavy atom. The van der Waals surface area contributed by atoms with Gasteiger partial charge in [-0.15, -0.1) is 0 Å². The topological polar surface area (TPSA) is 38.3 Å². The van der Waals surface area contributed by atoms with Crippen molar-refractivity contribution in [2.45, 2.75) is 82.1 Å². The van der Waals surface area contributed by atoms with E-state index in [2.05, 4.69) is 25.0 Å². The Labute approximate surface area is 129 Å². The quantitative estimate of drug-likeness (QED) is 0.545. The van der Waals surface area contributed by atoms with E-state index >= 15 is 0 Å². The third-order valence-corrected chi connectivity index (χ3v) is 8.89. The number of halogens is 1. The number of amides is 1. The number of hydrogen-bond acceptors (Lipinski definition) is 2. The molecular weight excluding hydrogens is 290 g/mol. The summed E-state index contributed by atoms with van der Waals surface area (Å²) in [5.41, 5.74) is -0.505. The van der Waals surface area contributed by atoms with Gasteiger partial charge in [0.15, 0.2) is 5.56 Å². The van der Waals surface area contributed by atoms with E-state index in [4.69, 9.17) is 16.3 Å². The predicted octanol–water partition coefficient (Wildman–Crippen LogP) is 5.12. The Kier molecular flexibility index (Phi) is 6.86. The molecular formula is C15H30ClNO2Si. The van der Waals surface area contributed by atoms with Gasteiger partial charge in [0.05, 0.1) is 8.07 Å². The molecule has 118 valence electrons. The van der Waals surface area contributed by atoms with Crippen molar-refractivity contribution in [2.75, 3.05) is 6.54 Å². The number of alkyl carbamates (subject to hydrolysis) is 1. The second kappa shape index (κ2) is 7.69. The minimum atomic E-state index is -1.33. The summed E-state index contributed by atoms with van der Waals surface area (Å²) >= 11 is 5.95. The molecule has 1 fully saturated rings. The van der Waals surface area contributed by atoms with Crippen molar-refractivity contribution in [3.05, 3.63) is 0 Å². The molecule has 1 atom stereocenters. The third-order valence-electron chi connectivity index (χ3n) is 4.72. The van der Waals surface area contributed by atoms with Gasteiger partial charge in [0, 0.05) is 6.54 Å². The van der Waals surface area contributed by atoms with E-state index in [1.807, 2.05) is 6.92 Å². The molecule has 0 aromatic heterocycles. The number of alkyl halides is 1. The first-order chi connectivity index (χ1) is 9.31. The maximum atomic E-state index is 11.8. The van der Waals surface area contributed by atoms with Gasteiger partial charge in [-0.3, -0.25) is 0 Å². The Balaban J connectivity index is 2.53. The van der Waals surface area contributed by atoms with Gasteiger partial charge in [-0.05, 0) is 24.3 Å². The van der Waals surface area contributed by atoms with Gasteiger partial charge in [-0.25, -0.2) is 4.79 Å². The third kappa shape index (κ3) is 4.96. The van der Waals surface area contributed by atoms with Gasteiger partial charge in [-0.1, -0.05) is 63.8 Å². The van der Waals surface area contributed by atoms with Crippen molar-refractivity contribution in [1.82, 2.24) is 5.32 Å². The smallest absolute Gasteiger partial charge is 0.408 e. The molecule has 1 saturated carbocycles. The largest absolute Gasteiger partial charge is 0.430 e. The fourth-order valence-electron chi connectivity index (χ4n) is 3.11. The molecule has 0 spiro atoms. The summed E-state index contributed by atoms with van der Waals surface area (Å²) in [4.78, 5) is 11.8. The number of carbonyl (C=O) groups excluding carboxylic acids is 1. The molecule has 1 aliphatic carbocycles. The molecule has 1 amide bonds. The lowest BCUT2D eigenvalue weighted by molar-refractivity contribution is 0.126. The molecule has 1 unspecified atom stereocenters. The first kappa shape index (κ1) is 17.8. The van der Waals surface area contributed by atoms with Crippen LogP contribution in [0.15, 0.2) is 0 Å². The lowest BCUT2D eigenvalue weighted by Crippen LogP contribution is -2.48. The average molecular weight is 320 g/mol. The second-order valence-electron chi connectivity index (χ2n) is 7.05. The number of nitrogens with one attached hydrogen (secondary N) is 1. The van der Waals surface area contributed by atoms with Crippen LogP contribution < -0.4 is 5.32 Å². The highest BCUT2D eigenvalue weighted by Crippen LogP contribution is 2.49. The Bertz CT molecular complexity index is 311. The highest BCUT2D eigenvalue weighted by Gasteiger charge is 2.43. The van der Waals surface area contributed by atoms with Gasteiger partial charge < -0.3 is 10.1 Å². The zero-order chi connectivity index (χ0) is 15.2. The normalized spacial score (nSPS) is 20.2. The Hall–Kier alpha value is -0.223. The molecule has 3 nitrogen and oxygen atoms in total. The zero-order valence-electron chi connectivity index (χ0n) is 13.4. The fourth-order valence-corrected chi connectivity index (χ4v) is 5.88. The van der Waals surface area contributed by atoms with E-state index in [9.17, 15) is 4.79 Å². The summed E-state index contributed by atoms with van der Waals surface area (Å²) in [5.74, 6) is 0. The lowest BCUT2D eigenvalue weighted by Gasteiger charge is -2.46. The molecule has 0 radical (unpaired) electrons. The molecule has 0 bridgehead atoms. The van der Waals surface area contributed by atoms with Crippen LogP contribution in [0, 0.1) is 0 Å². The lowest BCUT2D eigenvalue weighted by atomic mass is 9.88. The number of carbonyl (C=O) groups is 1. The molecule has 0 aliphatic heterocycles. The predicted molar refractivity (Wildman–Crippen MR) is 88.2 cm³/mol. The van der Waals surface area contributed by atoms with Gasteiger partial charge in [0.1, 0.15) is 0 Å². The van der Waals surface area contributed by atoms with Crippen LogP contribution in [0.2, 0.25) is 24.7 Å². The maximum absolute atomic E-state index is 11.8. The van der Waals surface area contributed by atoms with Crippen LogP contribution in [-0.4, -0.2) is 26.3 Å². The van der Waals surface area contributed by atoms with E-state index in [0.29, 0.717) is 11.5 Å². The van der Waals surface area contributed by atoms with Crippen LogP contribution in [0.25, 0.3) is 0 Å². The fraction of sp³-hybridized carbons (Fsp3) is 0.933. The van der Waals surface area contributed by atoms with Crippen LogP contribution in [-0.2, 0) is 4.74 Å². The number of hydrogen-bond donors (Lipinski definition) is 1. The summed E-state index contributed by atoms with van der Waals surface area (Å²) in [6.45, 7) is 10.0. The van der Waals surface area contributed by atoms with Crippen molar-refractivity contribution >= 4 is 25.8 Å². The molecule has 0 saturated heterocycles. The minimum Gasteiger partial charge on any atom is -0.430 e. The molecule has 20 heavy (non-hydrogen) atoms. The summed E-state index contributed by atoms with van der Waals surface area (Å²) in [5, 5.41) is 3.29. The molecule has 0 heterocycles. The molecule has 1 aliphatic rings. The summed E-state index contributed by atoms with van der Waals surface area (Å²) in [6.07, 6.45) is 7.64. The highest BCUT2D eigenvalue weighted by molar-refractivity contribution is 6.79. The van der Waals surface area contributed by atoms with Gasteiger partial charge in [-0.2, -0.15) is 0 Å². The molecule has 0 aromatic carbocycles. The van der Waals surface area contributed by atoms with Crippen LogP contribution in [0.1, 0.15) is 51.9 Å². The van der Waals surface area contributed by atoms with E-state index in [-0.39, 0.29) is 6.09 Å². The van der Waals surface area contributed by atoms with E-state index in [1.165, 1.54) is 32.1 Å². The second-order valence-corrected chi connectivity index (χ2v) is 13.1. The van der Waals surface area contributed by atoms with Crippen molar-refractivity contribution in [1.29, 1.82) is 0 Å². The van der Waals surface area contributed by atoms with Crippen LogP contribution in [0.4, 0.5) is 4.79 Å². The van der Waals surface area contributed by atoms with Gasteiger partial charge in [0.2, 0.25) is 0 Å². The first-order valence-electron chi connectivity index (χ1n) is 7.89. The summed E-state index contributed by atoms with van der Waals surface area (Å²) in [6, 6.07) is 0. The van der Waals surface area contributed by atoms with E-state index < -0.39 is 13.6 Å². The van der Waals surface area contributed by atoms with Crippen molar-refractivity contribution in [3.8, 4) is 0 Å². The van der Waals surface area contributed by atoms with Crippen LogP contribution in [0.3, 0.4) is 0 Å². The molecule has 1 N–H and O–H groups in total. The van der Waals surface area contributed by atoms with Crippen LogP contribution in [0.5, 0.6) is 0 Å². The zero-order valence-corrected chi connectivity index (χ0v) is 15.2. The van der Waals surface area contributed by atoms with Crippen molar-refractivity contribution in [3.63, 3.8) is 0 Å². The molecule has 5 heteroatoms. The van der Waals surface area contributed by atoms with Crippen molar-refractivity contribution < 1.29 is 9.53 Å². The number of rotatable bonds is 6. The summed E-state index contributed by atoms with van der Waals surface area (Å²) in [7, 11) is -1.33. The Morgan fingerprint density at radius 3 is 2.40 bits per heavy atom. The molecule has 0 aromatic rings. The SMILES string of the molecule is CCCC(Cl)OC(=O)NCC1([Si](C)(C)C)CCCCC1. The number of ether oxygens (including phenoxy) is 1. The Morgan fingerprint density at radius 1 is 1.30 bits per heavy atom. The van der Waals surface area contributed by atoms with Gasteiger partial charge in [0.25, 0.3) is 0 Å². The van der Waals surface area contributed by atoms with Crippen molar-refractivity contribution in [2.24, 2.45) is 0 Å². The van der Waals surface area contributed by atoms with Gasteiger partial charge >= 0.3 is 6.09 Å². The minimum absolute atomic E-state index is 0.316. The summed E-state index contributed by atoms with van der Waals surface area (Å²) < 4.78 is 5.17. The average Bonchev–Trinajstić information content (AvgIpc) is 2.36. The van der Waals surface area contributed by atoms with Crippen LogP contribution >= 0.6 is 11.6 Å².